The summed E-state index contributed by atoms with van der Waals surface area (Å²) in [7, 11) is 0. The summed E-state index contributed by atoms with van der Waals surface area (Å²) < 4.78 is 22.0. The van der Waals surface area contributed by atoms with E-state index in [4.69, 9.17) is 4.74 Å². The lowest BCUT2D eigenvalue weighted by Gasteiger charge is -2.29. The second kappa shape index (κ2) is 5.19. The van der Waals surface area contributed by atoms with Gasteiger partial charge in [-0.2, -0.15) is 0 Å². The minimum Gasteiger partial charge on any atom is -0.379 e. The number of nitrogens with zero attached hydrogens (tertiary/aromatic N) is 2. The van der Waals surface area contributed by atoms with E-state index in [1.165, 1.54) is 0 Å². The first-order valence-corrected chi connectivity index (χ1v) is 7.41. The van der Waals surface area contributed by atoms with Gasteiger partial charge >= 0.3 is 0 Å². The molecule has 4 nitrogen and oxygen atoms in total. The van der Waals surface area contributed by atoms with Gasteiger partial charge in [-0.3, -0.25) is 4.40 Å². The molecule has 0 bridgehead atoms. The average Bonchev–Trinajstić information content (AvgIpc) is 2.89. The lowest BCUT2D eigenvalue weighted by atomic mass is 9.94. The number of aromatic nitrogens is 2. The fraction of sp³-hybridized carbons (Fsp3) is 0.615. The van der Waals surface area contributed by atoms with Gasteiger partial charge in [0, 0.05) is 36.8 Å². The first-order valence-electron chi connectivity index (χ1n) is 6.53. The normalized spacial score (nSPS) is 23.6. The number of alkyl halides is 1. The van der Waals surface area contributed by atoms with Crippen LogP contribution >= 0.6 is 11.3 Å². The average molecular weight is 283 g/mol. The Bertz CT molecular complexity index is 516. The number of ether oxygens (including phenoxy) is 1. The van der Waals surface area contributed by atoms with Crippen molar-refractivity contribution in [3.05, 3.63) is 23.5 Å². The van der Waals surface area contributed by atoms with Crippen LogP contribution in [0.1, 0.15) is 19.0 Å². The topological polar surface area (TPSA) is 38.6 Å². The highest BCUT2D eigenvalue weighted by Gasteiger charge is 2.30. The Kier molecular flexibility index (Phi) is 3.56. The fourth-order valence-electron chi connectivity index (χ4n) is 2.58. The number of hydrogen-bond donors (Lipinski definition) is 1. The largest absolute Gasteiger partial charge is 0.379 e. The predicted octanol–water partition coefficient (Wildman–Crippen LogP) is 2.04. The van der Waals surface area contributed by atoms with Crippen LogP contribution in [0.25, 0.3) is 4.96 Å². The number of thiazole rings is 1. The summed E-state index contributed by atoms with van der Waals surface area (Å²) in [6.45, 7) is 3.77. The molecule has 0 aliphatic carbocycles. The van der Waals surface area contributed by atoms with E-state index >= 15 is 0 Å². The van der Waals surface area contributed by atoms with Gasteiger partial charge in [-0.05, 0) is 13.3 Å². The predicted molar refractivity (Wildman–Crippen MR) is 73.5 cm³/mol. The van der Waals surface area contributed by atoms with E-state index in [1.807, 2.05) is 22.2 Å². The van der Waals surface area contributed by atoms with Crippen LogP contribution in [0.4, 0.5) is 4.39 Å². The van der Waals surface area contributed by atoms with Crippen molar-refractivity contribution in [2.45, 2.75) is 31.5 Å². The minimum atomic E-state index is -1.26. The summed E-state index contributed by atoms with van der Waals surface area (Å²) in [5.74, 6) is 0. The van der Waals surface area contributed by atoms with Crippen LogP contribution < -0.4 is 5.32 Å². The Labute approximate surface area is 115 Å². The Morgan fingerprint density at radius 3 is 3.32 bits per heavy atom. The molecule has 0 spiro atoms. The zero-order valence-electron chi connectivity index (χ0n) is 10.9. The Balaban J connectivity index is 1.64. The van der Waals surface area contributed by atoms with Crippen molar-refractivity contribution < 1.29 is 9.13 Å². The number of halogens is 1. The molecule has 1 aliphatic rings. The summed E-state index contributed by atoms with van der Waals surface area (Å²) in [4.78, 5) is 5.36. The van der Waals surface area contributed by atoms with E-state index in [-0.39, 0.29) is 6.04 Å². The zero-order valence-corrected chi connectivity index (χ0v) is 11.8. The number of imidazole rings is 1. The van der Waals surface area contributed by atoms with Crippen LogP contribution in [0.15, 0.2) is 17.8 Å². The van der Waals surface area contributed by atoms with E-state index in [1.54, 1.807) is 18.3 Å². The molecule has 104 valence electrons. The van der Waals surface area contributed by atoms with Crippen molar-refractivity contribution in [2.24, 2.45) is 0 Å². The molecular weight excluding hydrogens is 265 g/mol. The Morgan fingerprint density at radius 2 is 2.58 bits per heavy atom. The van der Waals surface area contributed by atoms with Gasteiger partial charge < -0.3 is 10.1 Å². The first kappa shape index (κ1) is 13.0. The van der Waals surface area contributed by atoms with Gasteiger partial charge in [-0.25, -0.2) is 9.37 Å². The standard InChI is InChI=1S/C13H18FN3OS/c1-13(14,7-11-9-18-4-2-15-11)6-10-8-17-3-5-19-12(17)16-10/h3,5,8,11,15H,2,4,6-7,9H2,1H3. The van der Waals surface area contributed by atoms with Gasteiger partial charge in [0.1, 0.15) is 5.67 Å². The molecule has 1 fully saturated rings. The second-order valence-corrected chi connectivity index (χ2v) is 6.22. The van der Waals surface area contributed by atoms with Crippen LogP contribution in [-0.4, -0.2) is 40.9 Å². The molecule has 1 saturated heterocycles. The maximum Gasteiger partial charge on any atom is 0.193 e. The molecule has 1 aliphatic heterocycles. The van der Waals surface area contributed by atoms with Gasteiger partial charge in [0.15, 0.2) is 4.96 Å². The highest BCUT2D eigenvalue weighted by Crippen LogP contribution is 2.24. The molecule has 0 radical (unpaired) electrons. The number of hydrogen-bond acceptors (Lipinski definition) is 4. The van der Waals surface area contributed by atoms with Gasteiger partial charge in [0.25, 0.3) is 0 Å². The summed E-state index contributed by atoms with van der Waals surface area (Å²) in [6, 6.07) is 0.104. The molecule has 3 heterocycles. The highest BCUT2D eigenvalue weighted by atomic mass is 32.1. The van der Waals surface area contributed by atoms with E-state index < -0.39 is 5.67 Å². The Hall–Kier alpha value is -0.980. The molecule has 0 saturated carbocycles. The zero-order chi connectivity index (χ0) is 13.3. The van der Waals surface area contributed by atoms with Gasteiger partial charge in [-0.15, -0.1) is 11.3 Å². The molecular formula is C13H18FN3OS. The maximum absolute atomic E-state index is 14.7. The van der Waals surface area contributed by atoms with Crippen LogP contribution in [0.5, 0.6) is 0 Å². The van der Waals surface area contributed by atoms with Crippen molar-refractivity contribution in [1.29, 1.82) is 0 Å². The third kappa shape index (κ3) is 3.13. The minimum absolute atomic E-state index is 0.104. The van der Waals surface area contributed by atoms with Crippen molar-refractivity contribution in [1.82, 2.24) is 14.7 Å². The molecule has 3 rings (SSSR count). The van der Waals surface area contributed by atoms with Gasteiger partial charge in [0.2, 0.25) is 0 Å². The summed E-state index contributed by atoms with van der Waals surface area (Å²) in [5.41, 5.74) is -0.448. The first-order chi connectivity index (χ1) is 9.12. The molecule has 2 aromatic rings. The van der Waals surface area contributed by atoms with Crippen molar-refractivity contribution in [2.75, 3.05) is 19.8 Å². The van der Waals surface area contributed by atoms with Crippen molar-refractivity contribution in [3.8, 4) is 0 Å². The number of rotatable bonds is 4. The molecule has 2 atom stereocenters. The number of morpholine rings is 1. The molecule has 0 aromatic carbocycles. The number of fused-ring (bicyclic) bond motifs is 1. The molecule has 2 unspecified atom stereocenters. The smallest absolute Gasteiger partial charge is 0.193 e. The quantitative estimate of drug-likeness (QED) is 0.933. The van der Waals surface area contributed by atoms with E-state index in [2.05, 4.69) is 10.3 Å². The van der Waals surface area contributed by atoms with Crippen LogP contribution in [0.2, 0.25) is 0 Å². The summed E-state index contributed by atoms with van der Waals surface area (Å²) in [6.07, 6.45) is 4.66. The van der Waals surface area contributed by atoms with Crippen LogP contribution in [-0.2, 0) is 11.2 Å². The second-order valence-electron chi connectivity index (χ2n) is 5.35. The van der Waals surface area contributed by atoms with Crippen molar-refractivity contribution in [3.63, 3.8) is 0 Å². The monoisotopic (exact) mass is 283 g/mol. The fourth-order valence-corrected chi connectivity index (χ4v) is 3.29. The summed E-state index contributed by atoms with van der Waals surface area (Å²) >= 11 is 1.57. The van der Waals surface area contributed by atoms with Gasteiger partial charge in [0.05, 0.1) is 18.9 Å². The molecule has 1 N–H and O–H groups in total. The van der Waals surface area contributed by atoms with E-state index in [0.717, 1.165) is 23.8 Å². The lowest BCUT2D eigenvalue weighted by Crippen LogP contribution is -2.45. The van der Waals surface area contributed by atoms with E-state index in [9.17, 15) is 4.39 Å². The Morgan fingerprint density at radius 1 is 1.68 bits per heavy atom. The van der Waals surface area contributed by atoms with Crippen LogP contribution in [0, 0.1) is 0 Å². The number of nitrogens with one attached hydrogen (secondary N) is 1. The molecule has 6 heteroatoms. The maximum atomic E-state index is 14.7. The lowest BCUT2D eigenvalue weighted by molar-refractivity contribution is 0.0481. The van der Waals surface area contributed by atoms with Gasteiger partial charge in [-0.1, -0.05) is 0 Å². The third-order valence-electron chi connectivity index (χ3n) is 3.36. The highest BCUT2D eigenvalue weighted by molar-refractivity contribution is 7.15. The van der Waals surface area contributed by atoms with E-state index in [0.29, 0.717) is 19.4 Å². The molecule has 0 amide bonds. The van der Waals surface area contributed by atoms with Crippen LogP contribution in [0.3, 0.4) is 0 Å². The van der Waals surface area contributed by atoms with Crippen molar-refractivity contribution >= 4 is 16.3 Å². The molecule has 19 heavy (non-hydrogen) atoms. The SMILES string of the molecule is CC(F)(Cc1cn2ccsc2n1)CC1COCCN1. The third-order valence-corrected chi connectivity index (χ3v) is 4.13. The molecule has 2 aromatic heterocycles. The summed E-state index contributed by atoms with van der Waals surface area (Å²) in [5, 5.41) is 5.27.